The van der Waals surface area contributed by atoms with Crippen LogP contribution < -0.4 is 5.32 Å². The Morgan fingerprint density at radius 2 is 2.20 bits per heavy atom. The van der Waals surface area contributed by atoms with Gasteiger partial charge in [0.05, 0.1) is 25.4 Å². The minimum absolute atomic E-state index is 0.0831. The molecule has 0 aromatic heterocycles. The maximum atomic E-state index is 13.6. The van der Waals surface area contributed by atoms with Crippen LogP contribution in [0.3, 0.4) is 0 Å². The molecule has 0 aliphatic carbocycles. The van der Waals surface area contributed by atoms with Gasteiger partial charge in [-0.3, -0.25) is 4.79 Å². The normalized spacial score (nSPS) is 20.7. The third kappa shape index (κ3) is 6.68. The molecule has 2 atom stereocenters. The van der Waals surface area contributed by atoms with Gasteiger partial charge in [0.25, 0.3) is 0 Å². The average molecular weight is 356 g/mol. The Morgan fingerprint density at radius 3 is 2.92 bits per heavy atom. The monoisotopic (exact) mass is 356 g/mol. The first-order valence-corrected chi connectivity index (χ1v) is 8.53. The van der Waals surface area contributed by atoms with Crippen LogP contribution in [0.25, 0.3) is 0 Å². The molecule has 0 radical (unpaired) electrons. The van der Waals surface area contributed by atoms with E-state index in [9.17, 15) is 13.6 Å². The third-order valence-corrected chi connectivity index (χ3v) is 4.15. The van der Waals surface area contributed by atoms with Crippen molar-refractivity contribution in [3.05, 3.63) is 35.4 Å². The lowest BCUT2D eigenvalue weighted by Gasteiger charge is -2.32. The van der Waals surface area contributed by atoms with Crippen LogP contribution in [0.5, 0.6) is 0 Å². The maximum Gasteiger partial charge on any atom is 0.220 e. The average Bonchev–Trinajstić information content (AvgIpc) is 2.55. The van der Waals surface area contributed by atoms with E-state index in [-0.39, 0.29) is 30.9 Å². The third-order valence-electron chi connectivity index (χ3n) is 4.15. The molecular formula is C18H26F2N2O3. The van der Waals surface area contributed by atoms with Crippen molar-refractivity contribution in [3.63, 3.8) is 0 Å². The van der Waals surface area contributed by atoms with Gasteiger partial charge in [0.2, 0.25) is 5.91 Å². The molecule has 0 bridgehead atoms. The molecule has 1 saturated heterocycles. The molecule has 1 heterocycles. The SMILES string of the molecule is CN(C)CCO[C@@H]1CCOC[C@@H]1NC(=O)CCc1ccc(F)cc1F. The minimum atomic E-state index is -0.626. The number of hydrogen-bond donors (Lipinski definition) is 1. The molecule has 1 aromatic carbocycles. The van der Waals surface area contributed by atoms with E-state index in [1.54, 1.807) is 0 Å². The number of aryl methyl sites for hydroxylation is 1. The Kier molecular flexibility index (Phi) is 7.74. The van der Waals surface area contributed by atoms with E-state index < -0.39 is 11.6 Å². The summed E-state index contributed by atoms with van der Waals surface area (Å²) in [5, 5.41) is 2.91. The molecule has 1 fully saturated rings. The summed E-state index contributed by atoms with van der Waals surface area (Å²) in [5.41, 5.74) is 0.329. The van der Waals surface area contributed by atoms with Gasteiger partial charge in [0, 0.05) is 25.6 Å². The lowest BCUT2D eigenvalue weighted by molar-refractivity contribution is -0.126. The predicted octanol–water partition coefficient (Wildman–Crippen LogP) is 1.75. The van der Waals surface area contributed by atoms with Gasteiger partial charge in [-0.15, -0.1) is 0 Å². The number of carbonyl (C=O) groups is 1. The van der Waals surface area contributed by atoms with Crippen LogP contribution in [0.1, 0.15) is 18.4 Å². The zero-order valence-electron chi connectivity index (χ0n) is 14.8. The molecule has 25 heavy (non-hydrogen) atoms. The van der Waals surface area contributed by atoms with E-state index in [2.05, 4.69) is 5.32 Å². The predicted molar refractivity (Wildman–Crippen MR) is 90.3 cm³/mol. The first-order chi connectivity index (χ1) is 12.0. The minimum Gasteiger partial charge on any atom is -0.379 e. The second kappa shape index (κ2) is 9.79. The molecule has 1 N–H and O–H groups in total. The summed E-state index contributed by atoms with van der Waals surface area (Å²) in [5.74, 6) is -1.44. The highest BCUT2D eigenvalue weighted by Crippen LogP contribution is 2.14. The van der Waals surface area contributed by atoms with Crippen molar-refractivity contribution in [2.24, 2.45) is 0 Å². The summed E-state index contributed by atoms with van der Waals surface area (Å²) in [4.78, 5) is 14.2. The fourth-order valence-electron chi connectivity index (χ4n) is 2.69. The Bertz CT molecular complexity index is 569. The zero-order valence-corrected chi connectivity index (χ0v) is 14.8. The number of rotatable bonds is 8. The van der Waals surface area contributed by atoms with Gasteiger partial charge < -0.3 is 19.7 Å². The van der Waals surface area contributed by atoms with E-state index in [0.717, 1.165) is 19.0 Å². The quantitative estimate of drug-likeness (QED) is 0.771. The molecule has 1 aromatic rings. The molecule has 7 heteroatoms. The number of ether oxygens (including phenoxy) is 2. The number of nitrogens with zero attached hydrogens (tertiary/aromatic N) is 1. The molecular weight excluding hydrogens is 330 g/mol. The number of hydrogen-bond acceptors (Lipinski definition) is 4. The molecule has 2 rings (SSSR count). The molecule has 140 valence electrons. The topological polar surface area (TPSA) is 50.8 Å². The maximum absolute atomic E-state index is 13.6. The van der Waals surface area contributed by atoms with Crippen molar-refractivity contribution >= 4 is 5.91 Å². The number of halogens is 2. The Balaban J connectivity index is 1.80. The summed E-state index contributed by atoms with van der Waals surface area (Å²) in [6.07, 6.45) is 0.992. The summed E-state index contributed by atoms with van der Waals surface area (Å²) in [6, 6.07) is 3.19. The molecule has 5 nitrogen and oxygen atoms in total. The molecule has 1 amide bonds. The number of benzene rings is 1. The van der Waals surface area contributed by atoms with E-state index in [0.29, 0.717) is 25.4 Å². The molecule has 0 unspecified atom stereocenters. The van der Waals surface area contributed by atoms with Crippen LogP contribution in [0.2, 0.25) is 0 Å². The number of nitrogens with one attached hydrogen (secondary N) is 1. The lowest BCUT2D eigenvalue weighted by atomic mass is 10.1. The van der Waals surface area contributed by atoms with Crippen LogP contribution in [-0.2, 0) is 20.7 Å². The standard InChI is InChI=1S/C18H26F2N2O3/c1-22(2)8-10-25-17-7-9-24-12-16(17)21-18(23)6-4-13-3-5-14(19)11-15(13)20/h3,5,11,16-17H,4,6-10,12H2,1-2H3,(H,21,23)/t16-,17+/m0/s1. The number of likely N-dealkylation sites (N-methyl/N-ethyl adjacent to an activating group) is 1. The first-order valence-electron chi connectivity index (χ1n) is 8.53. The Morgan fingerprint density at radius 1 is 1.40 bits per heavy atom. The highest BCUT2D eigenvalue weighted by molar-refractivity contribution is 5.76. The van der Waals surface area contributed by atoms with Crippen molar-refractivity contribution in [2.75, 3.05) is 40.5 Å². The van der Waals surface area contributed by atoms with Crippen LogP contribution >= 0.6 is 0 Å². The molecule has 1 aliphatic rings. The Labute approximate surface area is 147 Å². The molecule has 1 aliphatic heterocycles. The van der Waals surface area contributed by atoms with Gasteiger partial charge in [-0.25, -0.2) is 8.78 Å². The second-order valence-electron chi connectivity index (χ2n) is 6.49. The van der Waals surface area contributed by atoms with Crippen LogP contribution in [0.4, 0.5) is 8.78 Å². The smallest absolute Gasteiger partial charge is 0.220 e. The second-order valence-corrected chi connectivity index (χ2v) is 6.49. The first kappa shape index (κ1) is 19.8. The lowest BCUT2D eigenvalue weighted by Crippen LogP contribution is -2.51. The molecule has 0 spiro atoms. The van der Waals surface area contributed by atoms with Crippen LogP contribution in [0, 0.1) is 11.6 Å². The van der Waals surface area contributed by atoms with Gasteiger partial charge in [-0.2, -0.15) is 0 Å². The van der Waals surface area contributed by atoms with Crippen molar-refractivity contribution in [1.29, 1.82) is 0 Å². The summed E-state index contributed by atoms with van der Waals surface area (Å²) < 4.78 is 37.8. The van der Waals surface area contributed by atoms with Gasteiger partial charge in [-0.1, -0.05) is 6.07 Å². The van der Waals surface area contributed by atoms with Gasteiger partial charge in [0.1, 0.15) is 11.6 Å². The zero-order chi connectivity index (χ0) is 18.2. The van der Waals surface area contributed by atoms with Crippen molar-refractivity contribution in [2.45, 2.75) is 31.4 Å². The van der Waals surface area contributed by atoms with Gasteiger partial charge >= 0.3 is 0 Å². The van der Waals surface area contributed by atoms with E-state index >= 15 is 0 Å². The fraction of sp³-hybridized carbons (Fsp3) is 0.611. The van der Waals surface area contributed by atoms with E-state index in [1.807, 2.05) is 19.0 Å². The number of carbonyl (C=O) groups excluding carboxylic acids is 1. The fourth-order valence-corrected chi connectivity index (χ4v) is 2.69. The van der Waals surface area contributed by atoms with Crippen LogP contribution in [-0.4, -0.2) is 63.4 Å². The molecule has 0 saturated carbocycles. The van der Waals surface area contributed by atoms with E-state index in [4.69, 9.17) is 9.47 Å². The van der Waals surface area contributed by atoms with Crippen molar-refractivity contribution in [1.82, 2.24) is 10.2 Å². The van der Waals surface area contributed by atoms with Gasteiger partial charge in [-0.05, 0) is 38.6 Å². The Hall–Kier alpha value is -1.57. The highest BCUT2D eigenvalue weighted by atomic mass is 19.1. The van der Waals surface area contributed by atoms with Crippen LogP contribution in [0.15, 0.2) is 18.2 Å². The highest BCUT2D eigenvalue weighted by Gasteiger charge is 2.27. The summed E-state index contributed by atoms with van der Waals surface area (Å²) >= 11 is 0. The largest absolute Gasteiger partial charge is 0.379 e. The summed E-state index contributed by atoms with van der Waals surface area (Å²) in [7, 11) is 3.95. The van der Waals surface area contributed by atoms with E-state index in [1.165, 1.54) is 12.1 Å². The number of amides is 1. The summed E-state index contributed by atoms with van der Waals surface area (Å²) in [6.45, 7) is 2.41. The van der Waals surface area contributed by atoms with Crippen molar-refractivity contribution in [3.8, 4) is 0 Å². The van der Waals surface area contributed by atoms with Crippen molar-refractivity contribution < 1.29 is 23.0 Å². The van der Waals surface area contributed by atoms with Gasteiger partial charge in [0.15, 0.2) is 0 Å².